The van der Waals surface area contributed by atoms with Gasteiger partial charge in [0.05, 0.1) is 5.92 Å². The van der Waals surface area contributed by atoms with E-state index in [1.165, 1.54) is 11.3 Å². The predicted octanol–water partition coefficient (Wildman–Crippen LogP) is -0.149. The maximum atomic E-state index is 11.6. The first-order valence-electron chi connectivity index (χ1n) is 6.10. The van der Waals surface area contributed by atoms with Crippen LogP contribution < -0.4 is 21.8 Å². The highest BCUT2D eigenvalue weighted by Gasteiger charge is 2.27. The maximum Gasteiger partial charge on any atom is 0.303 e. The SMILES string of the molecule is C[C@@H]1C(=O)Nc2ccc(-c3csc([NH+]=C(N)N)n3)cc21. The van der Waals surface area contributed by atoms with Crippen LogP contribution >= 0.6 is 11.3 Å². The second kappa shape index (κ2) is 4.61. The summed E-state index contributed by atoms with van der Waals surface area (Å²) in [6.45, 7) is 1.89. The monoisotopic (exact) mass is 288 g/mol. The Hall–Kier alpha value is -2.41. The average molecular weight is 288 g/mol. The number of fused-ring (bicyclic) bond motifs is 1. The van der Waals surface area contributed by atoms with E-state index >= 15 is 0 Å². The van der Waals surface area contributed by atoms with Crippen molar-refractivity contribution in [3.63, 3.8) is 0 Å². The summed E-state index contributed by atoms with van der Waals surface area (Å²) in [5, 5.41) is 5.41. The number of anilines is 1. The summed E-state index contributed by atoms with van der Waals surface area (Å²) < 4.78 is 0. The molecule has 0 unspecified atom stereocenters. The number of guanidine groups is 1. The van der Waals surface area contributed by atoms with Crippen LogP contribution in [0.3, 0.4) is 0 Å². The molecule has 1 aromatic heterocycles. The molecule has 1 atom stereocenters. The van der Waals surface area contributed by atoms with Crippen molar-refractivity contribution in [3.8, 4) is 11.3 Å². The molecule has 1 aromatic carbocycles. The van der Waals surface area contributed by atoms with Crippen LogP contribution in [0.4, 0.5) is 10.8 Å². The molecule has 1 aliphatic heterocycles. The molecule has 0 spiro atoms. The molecule has 102 valence electrons. The number of benzene rings is 1. The minimum atomic E-state index is -0.130. The van der Waals surface area contributed by atoms with E-state index in [0.29, 0.717) is 5.13 Å². The molecule has 1 amide bonds. The predicted molar refractivity (Wildman–Crippen MR) is 78.6 cm³/mol. The van der Waals surface area contributed by atoms with E-state index in [1.807, 2.05) is 30.5 Å². The number of hydrogen-bond donors (Lipinski definition) is 4. The molecule has 0 radical (unpaired) electrons. The highest BCUT2D eigenvalue weighted by molar-refractivity contribution is 7.13. The minimum absolute atomic E-state index is 0.0308. The van der Waals surface area contributed by atoms with Gasteiger partial charge in [-0.1, -0.05) is 11.3 Å². The van der Waals surface area contributed by atoms with E-state index in [2.05, 4.69) is 15.3 Å². The Morgan fingerprint density at radius 1 is 1.45 bits per heavy atom. The summed E-state index contributed by atoms with van der Waals surface area (Å²) in [6, 6.07) is 5.83. The topological polar surface area (TPSA) is 108 Å². The van der Waals surface area contributed by atoms with Crippen molar-refractivity contribution in [1.29, 1.82) is 0 Å². The lowest BCUT2D eigenvalue weighted by Crippen LogP contribution is -2.72. The minimum Gasteiger partial charge on any atom is -0.325 e. The fraction of sp³-hybridized carbons (Fsp3) is 0.154. The zero-order chi connectivity index (χ0) is 14.3. The lowest BCUT2D eigenvalue weighted by atomic mass is 10.00. The summed E-state index contributed by atoms with van der Waals surface area (Å²) in [5.74, 6) is 0.0146. The Morgan fingerprint density at radius 2 is 2.25 bits per heavy atom. The van der Waals surface area contributed by atoms with Crippen molar-refractivity contribution in [2.45, 2.75) is 12.8 Å². The fourth-order valence-corrected chi connectivity index (χ4v) is 2.90. The highest BCUT2D eigenvalue weighted by Crippen LogP contribution is 2.35. The van der Waals surface area contributed by atoms with Gasteiger partial charge in [-0.2, -0.15) is 0 Å². The molecule has 6 N–H and O–H groups in total. The van der Waals surface area contributed by atoms with Gasteiger partial charge in [0.15, 0.2) is 0 Å². The Bertz CT molecular complexity index is 717. The number of nitrogens with zero attached hydrogens (tertiary/aromatic N) is 1. The molecule has 3 rings (SSSR count). The lowest BCUT2D eigenvalue weighted by Gasteiger charge is -2.02. The van der Waals surface area contributed by atoms with Crippen LogP contribution in [0.15, 0.2) is 23.6 Å². The molecule has 0 saturated carbocycles. The third-order valence-corrected chi connectivity index (χ3v) is 3.98. The number of nitrogens with two attached hydrogens (primary N) is 2. The summed E-state index contributed by atoms with van der Waals surface area (Å²) >= 11 is 1.42. The second-order valence-electron chi connectivity index (χ2n) is 4.63. The Labute approximate surface area is 119 Å². The van der Waals surface area contributed by atoms with Gasteiger partial charge in [-0.3, -0.25) is 4.79 Å². The van der Waals surface area contributed by atoms with Crippen molar-refractivity contribution in [1.82, 2.24) is 4.98 Å². The first-order chi connectivity index (χ1) is 9.54. The number of amides is 1. The van der Waals surface area contributed by atoms with Crippen molar-refractivity contribution in [2.75, 3.05) is 5.32 Å². The third kappa shape index (κ3) is 2.12. The van der Waals surface area contributed by atoms with Gasteiger partial charge < -0.3 is 16.8 Å². The molecule has 0 fully saturated rings. The first-order valence-corrected chi connectivity index (χ1v) is 6.98. The van der Waals surface area contributed by atoms with Crippen LogP contribution in [-0.4, -0.2) is 16.9 Å². The van der Waals surface area contributed by atoms with Crippen molar-refractivity contribution >= 4 is 34.0 Å². The molecular weight excluding hydrogens is 274 g/mol. The van der Waals surface area contributed by atoms with E-state index in [-0.39, 0.29) is 17.8 Å². The van der Waals surface area contributed by atoms with Gasteiger partial charge in [-0.15, -0.1) is 4.98 Å². The van der Waals surface area contributed by atoms with Gasteiger partial charge in [-0.05, 0) is 30.7 Å². The van der Waals surface area contributed by atoms with Gasteiger partial charge in [0.2, 0.25) is 5.91 Å². The summed E-state index contributed by atoms with van der Waals surface area (Å²) in [4.78, 5) is 18.8. The Balaban J connectivity index is 1.98. The van der Waals surface area contributed by atoms with E-state index < -0.39 is 0 Å². The lowest BCUT2D eigenvalue weighted by molar-refractivity contribution is -0.355. The smallest absolute Gasteiger partial charge is 0.303 e. The Kier molecular flexibility index (Phi) is 2.90. The summed E-state index contributed by atoms with van der Waals surface area (Å²) in [6.07, 6.45) is 0. The number of carbonyl (C=O) groups is 1. The van der Waals surface area contributed by atoms with Gasteiger partial charge in [-0.25, -0.2) is 4.99 Å². The zero-order valence-electron chi connectivity index (χ0n) is 10.8. The first kappa shape index (κ1) is 12.6. The van der Waals surface area contributed by atoms with E-state index in [0.717, 1.165) is 22.5 Å². The largest absolute Gasteiger partial charge is 0.325 e. The fourth-order valence-electron chi connectivity index (χ4n) is 2.16. The van der Waals surface area contributed by atoms with Crippen LogP contribution in [0.5, 0.6) is 0 Å². The molecule has 6 nitrogen and oxygen atoms in total. The summed E-state index contributed by atoms with van der Waals surface area (Å²) in [5.41, 5.74) is 14.4. The maximum absolute atomic E-state index is 11.6. The standard InChI is InChI=1S/C13H13N5OS/c1-6-8-4-7(2-3-9(8)16-11(6)19)10-5-20-13(17-10)18-12(14)15/h2-6H,1H3,(H,16,19)(H4,14,15,17,18)/p+1/t6-/m0/s1. The summed E-state index contributed by atoms with van der Waals surface area (Å²) in [7, 11) is 0. The zero-order valence-corrected chi connectivity index (χ0v) is 11.6. The van der Waals surface area contributed by atoms with Gasteiger partial charge in [0, 0.05) is 16.6 Å². The number of thiazole rings is 1. The van der Waals surface area contributed by atoms with Crippen LogP contribution in [0.1, 0.15) is 18.4 Å². The molecule has 2 heterocycles. The number of nitrogens with one attached hydrogen (secondary N) is 2. The van der Waals surface area contributed by atoms with Crippen LogP contribution in [-0.2, 0) is 4.79 Å². The highest BCUT2D eigenvalue weighted by atomic mass is 32.1. The van der Waals surface area contributed by atoms with Crippen molar-refractivity contribution < 1.29 is 9.79 Å². The van der Waals surface area contributed by atoms with Crippen molar-refractivity contribution in [2.24, 2.45) is 11.5 Å². The van der Waals surface area contributed by atoms with Crippen LogP contribution in [0, 0.1) is 0 Å². The molecule has 7 heteroatoms. The molecule has 0 bridgehead atoms. The number of rotatable bonds is 2. The number of aromatic nitrogens is 1. The van der Waals surface area contributed by atoms with E-state index in [1.54, 1.807) is 0 Å². The molecular formula is C13H14N5OS+. The molecule has 0 aliphatic carbocycles. The number of carbonyl (C=O) groups excluding carboxylic acids is 1. The molecule has 2 aromatic rings. The normalized spacial score (nSPS) is 16.6. The van der Waals surface area contributed by atoms with Gasteiger partial charge in [0.25, 0.3) is 5.13 Å². The third-order valence-electron chi connectivity index (χ3n) is 3.22. The van der Waals surface area contributed by atoms with E-state index in [9.17, 15) is 4.79 Å². The van der Waals surface area contributed by atoms with Gasteiger partial charge in [0.1, 0.15) is 5.69 Å². The van der Waals surface area contributed by atoms with Gasteiger partial charge >= 0.3 is 5.96 Å². The number of hydrogen-bond acceptors (Lipinski definition) is 3. The molecule has 20 heavy (non-hydrogen) atoms. The Morgan fingerprint density at radius 3 is 3.00 bits per heavy atom. The van der Waals surface area contributed by atoms with Crippen LogP contribution in [0.2, 0.25) is 0 Å². The quantitative estimate of drug-likeness (QED) is 0.455. The van der Waals surface area contributed by atoms with Crippen LogP contribution in [0.25, 0.3) is 11.3 Å². The molecule has 1 aliphatic rings. The molecule has 0 saturated heterocycles. The average Bonchev–Trinajstić information content (AvgIpc) is 2.95. The second-order valence-corrected chi connectivity index (χ2v) is 5.49. The van der Waals surface area contributed by atoms with Crippen molar-refractivity contribution in [3.05, 3.63) is 29.1 Å². The van der Waals surface area contributed by atoms with E-state index in [4.69, 9.17) is 11.5 Å².